The SMILES string of the molecule is CN=C(NCCCNS(C)(=O)=O)N1CCC(c2ccccc2)C(C)C1.I. The number of hydrogen-bond acceptors (Lipinski definition) is 3. The third-order valence-electron chi connectivity index (χ3n) is 4.65. The van der Waals surface area contributed by atoms with E-state index in [2.05, 4.69) is 57.2 Å². The first-order chi connectivity index (χ1) is 11.9. The number of halogens is 1. The second kappa shape index (κ2) is 11.1. The molecule has 1 aliphatic rings. The smallest absolute Gasteiger partial charge is 0.208 e. The Morgan fingerprint density at radius 2 is 1.96 bits per heavy atom. The highest BCUT2D eigenvalue weighted by molar-refractivity contribution is 14.0. The van der Waals surface area contributed by atoms with Crippen molar-refractivity contribution >= 4 is 40.0 Å². The minimum atomic E-state index is -3.11. The average molecular weight is 494 g/mol. The van der Waals surface area contributed by atoms with E-state index in [1.807, 2.05) is 0 Å². The maximum absolute atomic E-state index is 11.1. The van der Waals surface area contributed by atoms with Crippen molar-refractivity contribution in [3.8, 4) is 0 Å². The molecule has 1 aromatic carbocycles. The van der Waals surface area contributed by atoms with E-state index in [1.165, 1.54) is 11.8 Å². The monoisotopic (exact) mass is 494 g/mol. The van der Waals surface area contributed by atoms with Crippen LogP contribution >= 0.6 is 24.0 Å². The molecule has 1 saturated heterocycles. The van der Waals surface area contributed by atoms with Crippen molar-refractivity contribution in [2.24, 2.45) is 10.9 Å². The van der Waals surface area contributed by atoms with Gasteiger partial charge in [0.05, 0.1) is 6.26 Å². The van der Waals surface area contributed by atoms with E-state index in [0.29, 0.717) is 24.9 Å². The number of guanidine groups is 1. The van der Waals surface area contributed by atoms with Crippen molar-refractivity contribution in [2.75, 3.05) is 39.5 Å². The topological polar surface area (TPSA) is 73.8 Å². The van der Waals surface area contributed by atoms with Gasteiger partial charge in [0.25, 0.3) is 0 Å². The Morgan fingerprint density at radius 1 is 1.27 bits per heavy atom. The fourth-order valence-electron chi connectivity index (χ4n) is 3.41. The molecular weight excluding hydrogens is 463 g/mol. The van der Waals surface area contributed by atoms with Crippen molar-refractivity contribution < 1.29 is 8.42 Å². The molecule has 6 nitrogen and oxygen atoms in total. The lowest BCUT2D eigenvalue weighted by molar-refractivity contribution is 0.234. The molecule has 148 valence electrons. The highest BCUT2D eigenvalue weighted by Crippen LogP contribution is 2.32. The molecule has 1 aliphatic heterocycles. The highest BCUT2D eigenvalue weighted by Gasteiger charge is 2.28. The van der Waals surface area contributed by atoms with Gasteiger partial charge in [0, 0.05) is 33.2 Å². The third kappa shape index (κ3) is 7.40. The van der Waals surface area contributed by atoms with Crippen LogP contribution in [0.15, 0.2) is 35.3 Å². The molecule has 26 heavy (non-hydrogen) atoms. The first kappa shape index (κ1) is 23.2. The zero-order chi connectivity index (χ0) is 18.3. The van der Waals surface area contributed by atoms with Gasteiger partial charge in [-0.3, -0.25) is 4.99 Å². The Labute approximate surface area is 174 Å². The van der Waals surface area contributed by atoms with Crippen molar-refractivity contribution in [1.29, 1.82) is 0 Å². The van der Waals surface area contributed by atoms with Crippen LogP contribution in [-0.4, -0.2) is 58.8 Å². The molecule has 0 aromatic heterocycles. The molecule has 0 amide bonds. The summed E-state index contributed by atoms with van der Waals surface area (Å²) in [4.78, 5) is 6.68. The molecule has 2 rings (SSSR count). The van der Waals surface area contributed by atoms with E-state index in [1.54, 1.807) is 7.05 Å². The minimum absolute atomic E-state index is 0. The summed E-state index contributed by atoms with van der Waals surface area (Å²) in [5.74, 6) is 2.05. The summed E-state index contributed by atoms with van der Waals surface area (Å²) in [6.07, 6.45) is 3.02. The number of piperidine rings is 1. The van der Waals surface area contributed by atoms with E-state index < -0.39 is 10.0 Å². The first-order valence-corrected chi connectivity index (χ1v) is 10.7. The van der Waals surface area contributed by atoms with Crippen LogP contribution in [0.4, 0.5) is 0 Å². The third-order valence-corrected chi connectivity index (χ3v) is 5.37. The van der Waals surface area contributed by atoms with Gasteiger partial charge in [-0.05, 0) is 30.2 Å². The molecule has 2 atom stereocenters. The average Bonchev–Trinajstić information content (AvgIpc) is 2.58. The number of nitrogens with one attached hydrogen (secondary N) is 2. The normalized spacial score (nSPS) is 21.2. The Kier molecular flexibility index (Phi) is 9.88. The van der Waals surface area contributed by atoms with E-state index >= 15 is 0 Å². The molecule has 0 saturated carbocycles. The van der Waals surface area contributed by atoms with Gasteiger partial charge in [0.15, 0.2) is 5.96 Å². The van der Waals surface area contributed by atoms with Crippen molar-refractivity contribution in [1.82, 2.24) is 14.9 Å². The largest absolute Gasteiger partial charge is 0.356 e. The molecule has 1 aromatic rings. The van der Waals surface area contributed by atoms with Gasteiger partial charge in [-0.1, -0.05) is 37.3 Å². The van der Waals surface area contributed by atoms with E-state index in [9.17, 15) is 8.42 Å². The standard InChI is InChI=1S/C18H30N4O2S.HI/c1-15-14-22(13-10-17(15)16-8-5-4-6-9-16)18(19-2)20-11-7-12-21-25(3,23)24;/h4-6,8-9,15,17,21H,7,10-14H2,1-3H3,(H,19,20);1H. The number of aliphatic imine (C=N–C) groups is 1. The summed E-state index contributed by atoms with van der Waals surface area (Å²) in [6, 6.07) is 10.7. The molecule has 1 heterocycles. The molecule has 0 bridgehead atoms. The fraction of sp³-hybridized carbons (Fsp3) is 0.611. The zero-order valence-corrected chi connectivity index (χ0v) is 19.0. The van der Waals surface area contributed by atoms with E-state index in [0.717, 1.165) is 31.9 Å². The number of rotatable bonds is 6. The molecule has 1 fully saturated rings. The van der Waals surface area contributed by atoms with E-state index in [4.69, 9.17) is 0 Å². The van der Waals surface area contributed by atoms with Crippen LogP contribution in [0.2, 0.25) is 0 Å². The van der Waals surface area contributed by atoms with Crippen LogP contribution in [0.1, 0.15) is 31.2 Å². The van der Waals surface area contributed by atoms with Gasteiger partial charge in [-0.15, -0.1) is 24.0 Å². The lowest BCUT2D eigenvalue weighted by Gasteiger charge is -2.39. The predicted octanol–water partition coefficient (Wildman–Crippen LogP) is 2.24. The van der Waals surface area contributed by atoms with Crippen molar-refractivity contribution in [3.63, 3.8) is 0 Å². The predicted molar refractivity (Wildman–Crippen MR) is 119 cm³/mol. The van der Waals surface area contributed by atoms with Crippen LogP contribution in [0.3, 0.4) is 0 Å². The van der Waals surface area contributed by atoms with Gasteiger partial charge < -0.3 is 10.2 Å². The van der Waals surface area contributed by atoms with Crippen LogP contribution < -0.4 is 10.0 Å². The molecule has 0 spiro atoms. The van der Waals surface area contributed by atoms with E-state index in [-0.39, 0.29) is 24.0 Å². The van der Waals surface area contributed by atoms with Crippen LogP contribution in [0.5, 0.6) is 0 Å². The Balaban J connectivity index is 0.00000338. The lowest BCUT2D eigenvalue weighted by Crippen LogP contribution is -2.48. The summed E-state index contributed by atoms with van der Waals surface area (Å²) in [6.45, 7) is 5.39. The second-order valence-electron chi connectivity index (χ2n) is 6.72. The number of sulfonamides is 1. The van der Waals surface area contributed by atoms with Crippen LogP contribution in [-0.2, 0) is 10.0 Å². The molecular formula is C18H31IN4O2S. The molecule has 8 heteroatoms. The Bertz CT molecular complexity index is 667. The van der Waals surface area contributed by atoms with Gasteiger partial charge in [-0.2, -0.15) is 0 Å². The zero-order valence-electron chi connectivity index (χ0n) is 15.8. The minimum Gasteiger partial charge on any atom is -0.356 e. The molecule has 2 unspecified atom stereocenters. The van der Waals surface area contributed by atoms with Gasteiger partial charge in [0.1, 0.15) is 0 Å². The Morgan fingerprint density at radius 3 is 2.54 bits per heavy atom. The maximum Gasteiger partial charge on any atom is 0.208 e. The van der Waals surface area contributed by atoms with Gasteiger partial charge >= 0.3 is 0 Å². The van der Waals surface area contributed by atoms with Crippen LogP contribution in [0, 0.1) is 5.92 Å². The molecule has 0 aliphatic carbocycles. The van der Waals surface area contributed by atoms with Crippen molar-refractivity contribution in [2.45, 2.75) is 25.7 Å². The second-order valence-corrected chi connectivity index (χ2v) is 8.56. The summed E-state index contributed by atoms with van der Waals surface area (Å²) < 4.78 is 24.6. The highest BCUT2D eigenvalue weighted by atomic mass is 127. The summed E-state index contributed by atoms with van der Waals surface area (Å²) >= 11 is 0. The number of hydrogen-bond donors (Lipinski definition) is 2. The number of benzene rings is 1. The quantitative estimate of drug-likeness (QED) is 0.276. The summed E-state index contributed by atoms with van der Waals surface area (Å²) in [5, 5.41) is 3.34. The summed E-state index contributed by atoms with van der Waals surface area (Å²) in [7, 11) is -1.31. The molecule has 2 N–H and O–H groups in total. The maximum atomic E-state index is 11.1. The summed E-state index contributed by atoms with van der Waals surface area (Å²) in [5.41, 5.74) is 1.42. The van der Waals surface area contributed by atoms with Crippen molar-refractivity contribution in [3.05, 3.63) is 35.9 Å². The lowest BCUT2D eigenvalue weighted by atomic mass is 9.82. The van der Waals surface area contributed by atoms with Gasteiger partial charge in [0.2, 0.25) is 10.0 Å². The Hall–Kier alpha value is -0.870. The fourth-order valence-corrected chi connectivity index (χ4v) is 3.93. The van der Waals surface area contributed by atoms with Crippen LogP contribution in [0.25, 0.3) is 0 Å². The number of nitrogens with zero attached hydrogens (tertiary/aromatic N) is 2. The molecule has 0 radical (unpaired) electrons. The number of likely N-dealkylation sites (tertiary alicyclic amines) is 1. The van der Waals surface area contributed by atoms with Gasteiger partial charge in [-0.25, -0.2) is 13.1 Å². The first-order valence-electron chi connectivity index (χ1n) is 8.86.